The van der Waals surface area contributed by atoms with E-state index >= 15 is 0 Å². The van der Waals surface area contributed by atoms with Crippen molar-refractivity contribution in [3.05, 3.63) is 26.5 Å². The van der Waals surface area contributed by atoms with E-state index in [2.05, 4.69) is 36.2 Å². The maximum Gasteiger partial charge on any atom is 0.0993 e. The number of rotatable bonds is 0. The summed E-state index contributed by atoms with van der Waals surface area (Å²) in [7, 11) is 0. The number of nitrogens with zero attached hydrogens (tertiary/aromatic N) is 1. The van der Waals surface area contributed by atoms with Gasteiger partial charge in [-0.3, -0.25) is 0 Å². The molecule has 0 atom stereocenters. The summed E-state index contributed by atoms with van der Waals surface area (Å²) in [5, 5.41) is 3.20. The topological polar surface area (TPSA) is 12.9 Å². The van der Waals surface area contributed by atoms with Crippen LogP contribution in [0.3, 0.4) is 0 Å². The lowest BCUT2D eigenvalue weighted by Gasteiger charge is -1.93. The number of benzene rings is 1. The van der Waals surface area contributed by atoms with Crippen LogP contribution in [0.2, 0.25) is 0 Å². The molecule has 0 bridgehead atoms. The molecular formula is C7H3Br2NS. The molecule has 0 aliphatic heterocycles. The van der Waals surface area contributed by atoms with Crippen molar-refractivity contribution in [3.63, 3.8) is 0 Å². The molecule has 0 saturated carbocycles. The van der Waals surface area contributed by atoms with Crippen LogP contribution in [0.25, 0.3) is 10.9 Å². The Bertz CT molecular complexity index is 360. The van der Waals surface area contributed by atoms with E-state index in [9.17, 15) is 0 Å². The summed E-state index contributed by atoms with van der Waals surface area (Å²) < 4.78 is 6.40. The van der Waals surface area contributed by atoms with Gasteiger partial charge in [-0.1, -0.05) is 15.9 Å². The van der Waals surface area contributed by atoms with Crippen molar-refractivity contribution in [2.75, 3.05) is 0 Å². The van der Waals surface area contributed by atoms with Crippen LogP contribution in [-0.2, 0) is 0 Å². The van der Waals surface area contributed by atoms with Crippen molar-refractivity contribution in [2.24, 2.45) is 0 Å². The maximum atomic E-state index is 4.24. The summed E-state index contributed by atoms with van der Waals surface area (Å²) >= 11 is 8.36. The molecule has 56 valence electrons. The molecule has 0 N–H and O–H groups in total. The normalized spacial score (nSPS) is 10.7. The van der Waals surface area contributed by atoms with E-state index in [4.69, 9.17) is 0 Å². The lowest BCUT2D eigenvalue weighted by atomic mass is 10.3. The van der Waals surface area contributed by atoms with E-state index in [1.165, 1.54) is 16.9 Å². The lowest BCUT2D eigenvalue weighted by molar-refractivity contribution is 1.61. The Balaban J connectivity index is 2.96. The second kappa shape index (κ2) is 2.84. The number of aromatic nitrogens is 1. The first-order valence-electron chi connectivity index (χ1n) is 2.97. The van der Waals surface area contributed by atoms with Crippen LogP contribution in [-0.4, -0.2) is 4.37 Å². The van der Waals surface area contributed by atoms with Gasteiger partial charge >= 0.3 is 0 Å². The molecule has 0 saturated heterocycles. The highest BCUT2D eigenvalue weighted by Gasteiger charge is 2.03. The van der Waals surface area contributed by atoms with Gasteiger partial charge in [0.2, 0.25) is 0 Å². The quantitative estimate of drug-likeness (QED) is 0.719. The highest BCUT2D eigenvalue weighted by molar-refractivity contribution is 9.11. The van der Waals surface area contributed by atoms with Gasteiger partial charge in [-0.2, -0.15) is 4.37 Å². The second-order valence-corrected chi connectivity index (χ2v) is 4.44. The summed E-state index contributed by atoms with van der Waals surface area (Å²) in [5.74, 6) is 0. The molecular weight excluding hydrogens is 290 g/mol. The van der Waals surface area contributed by atoms with Crippen molar-refractivity contribution < 1.29 is 0 Å². The van der Waals surface area contributed by atoms with Crippen LogP contribution in [0.5, 0.6) is 0 Å². The van der Waals surface area contributed by atoms with Gasteiger partial charge in [0.05, 0.1) is 5.52 Å². The third-order valence-electron chi connectivity index (χ3n) is 1.43. The van der Waals surface area contributed by atoms with Crippen molar-refractivity contribution in [2.45, 2.75) is 0 Å². The molecule has 1 aromatic carbocycles. The van der Waals surface area contributed by atoms with E-state index in [-0.39, 0.29) is 0 Å². The summed E-state index contributed by atoms with van der Waals surface area (Å²) in [6.07, 6.45) is 0. The van der Waals surface area contributed by atoms with Crippen molar-refractivity contribution in [1.82, 2.24) is 4.37 Å². The zero-order valence-corrected chi connectivity index (χ0v) is 9.33. The van der Waals surface area contributed by atoms with Crippen molar-refractivity contribution in [1.29, 1.82) is 0 Å². The van der Waals surface area contributed by atoms with Gasteiger partial charge in [-0.05, 0) is 39.6 Å². The summed E-state index contributed by atoms with van der Waals surface area (Å²) in [4.78, 5) is 0. The van der Waals surface area contributed by atoms with Crippen molar-refractivity contribution >= 4 is 54.3 Å². The molecule has 0 spiro atoms. The maximum absolute atomic E-state index is 4.24. The smallest absolute Gasteiger partial charge is 0.0993 e. The monoisotopic (exact) mass is 291 g/mol. The minimum atomic E-state index is 1.03. The van der Waals surface area contributed by atoms with Gasteiger partial charge in [0.15, 0.2) is 0 Å². The molecule has 1 nitrogen and oxygen atoms in total. The number of hydrogen-bond acceptors (Lipinski definition) is 2. The van der Waals surface area contributed by atoms with Crippen LogP contribution in [0.15, 0.2) is 26.5 Å². The predicted octanol–water partition coefficient (Wildman–Crippen LogP) is 3.82. The molecule has 11 heavy (non-hydrogen) atoms. The fourth-order valence-electron chi connectivity index (χ4n) is 0.893. The highest BCUT2D eigenvalue weighted by Crippen LogP contribution is 2.30. The van der Waals surface area contributed by atoms with Crippen LogP contribution in [0, 0.1) is 0 Å². The first-order chi connectivity index (χ1) is 5.29. The average molecular weight is 293 g/mol. The Morgan fingerprint density at radius 1 is 1.18 bits per heavy atom. The molecule has 4 heteroatoms. The predicted molar refractivity (Wildman–Crippen MR) is 55.0 cm³/mol. The minimum Gasteiger partial charge on any atom is -0.191 e. The fourth-order valence-corrected chi connectivity index (χ4v) is 2.73. The molecule has 0 amide bonds. The first-order valence-corrected chi connectivity index (χ1v) is 5.39. The summed E-state index contributed by atoms with van der Waals surface area (Å²) in [6.45, 7) is 0. The standard InChI is InChI=1S/C7H3Br2NS/c8-5-1-2-6(9)7-4(5)3-11-10-7/h1-3H. The van der Waals surface area contributed by atoms with Crippen LogP contribution < -0.4 is 0 Å². The minimum absolute atomic E-state index is 1.03. The molecule has 2 rings (SSSR count). The molecule has 1 heterocycles. The molecule has 0 radical (unpaired) electrons. The molecule has 0 fully saturated rings. The van der Waals surface area contributed by atoms with E-state index in [0.717, 1.165) is 14.5 Å². The van der Waals surface area contributed by atoms with Gasteiger partial charge in [-0.15, -0.1) is 0 Å². The Kier molecular flexibility index (Phi) is 1.99. The third kappa shape index (κ3) is 1.23. The lowest BCUT2D eigenvalue weighted by Crippen LogP contribution is -1.71. The van der Waals surface area contributed by atoms with Crippen LogP contribution in [0.4, 0.5) is 0 Å². The van der Waals surface area contributed by atoms with E-state index in [1.54, 1.807) is 0 Å². The van der Waals surface area contributed by atoms with Crippen molar-refractivity contribution in [3.8, 4) is 0 Å². The number of fused-ring (bicyclic) bond motifs is 1. The van der Waals surface area contributed by atoms with E-state index in [1.807, 2.05) is 17.5 Å². The van der Waals surface area contributed by atoms with Gasteiger partial charge in [0.1, 0.15) is 0 Å². The van der Waals surface area contributed by atoms with Gasteiger partial charge in [0.25, 0.3) is 0 Å². The zero-order valence-electron chi connectivity index (χ0n) is 5.34. The van der Waals surface area contributed by atoms with Crippen LogP contribution >= 0.6 is 43.4 Å². The van der Waals surface area contributed by atoms with Gasteiger partial charge in [-0.25, -0.2) is 0 Å². The second-order valence-electron chi connectivity index (χ2n) is 2.11. The molecule has 0 aliphatic rings. The van der Waals surface area contributed by atoms with E-state index in [0.29, 0.717) is 0 Å². The third-order valence-corrected chi connectivity index (χ3v) is 3.39. The van der Waals surface area contributed by atoms with Crippen LogP contribution in [0.1, 0.15) is 0 Å². The van der Waals surface area contributed by atoms with Gasteiger partial charge in [0, 0.05) is 19.7 Å². The van der Waals surface area contributed by atoms with E-state index < -0.39 is 0 Å². The largest absolute Gasteiger partial charge is 0.191 e. The SMILES string of the molecule is Brc1ccc(Br)c2nscc12. The first kappa shape index (κ1) is 7.71. The summed E-state index contributed by atoms with van der Waals surface area (Å²) in [6, 6.07) is 4.01. The Labute approximate surface area is 84.8 Å². The van der Waals surface area contributed by atoms with Gasteiger partial charge < -0.3 is 0 Å². The Hall–Kier alpha value is 0.0700. The average Bonchev–Trinajstić information content (AvgIpc) is 2.45. The number of hydrogen-bond donors (Lipinski definition) is 0. The molecule has 0 unspecified atom stereocenters. The highest BCUT2D eigenvalue weighted by atomic mass is 79.9. The molecule has 0 aliphatic carbocycles. The zero-order chi connectivity index (χ0) is 7.84. The molecule has 1 aromatic heterocycles. The Morgan fingerprint density at radius 2 is 1.91 bits per heavy atom. The molecule has 2 aromatic rings. The number of halogens is 2. The fraction of sp³-hybridized carbons (Fsp3) is 0. The Morgan fingerprint density at radius 3 is 2.64 bits per heavy atom. The summed E-state index contributed by atoms with van der Waals surface area (Å²) in [5.41, 5.74) is 1.03.